The van der Waals surface area contributed by atoms with Crippen LogP contribution in [0.25, 0.3) is 0 Å². The summed E-state index contributed by atoms with van der Waals surface area (Å²) in [5.74, 6) is 0. The molecular weight excluding hydrogens is 236 g/mol. The highest BCUT2D eigenvalue weighted by Crippen LogP contribution is 2.20. The summed E-state index contributed by atoms with van der Waals surface area (Å²) >= 11 is 0. The molecule has 0 aromatic rings. The third kappa shape index (κ3) is 4.73. The fraction of sp³-hybridized carbons (Fsp3) is 1.00. The van der Waals surface area contributed by atoms with Crippen molar-refractivity contribution in [3.05, 3.63) is 0 Å². The Hall–Kier alpha value is -0.120. The lowest BCUT2D eigenvalue weighted by atomic mass is 9.98. The minimum atomic E-state index is 0.554. The molecule has 19 heavy (non-hydrogen) atoms. The van der Waals surface area contributed by atoms with Crippen molar-refractivity contribution in [2.45, 2.75) is 77.0 Å². The van der Waals surface area contributed by atoms with E-state index in [-0.39, 0.29) is 0 Å². The molecule has 3 heteroatoms. The smallest absolute Gasteiger partial charge is 0.0597 e. The Morgan fingerprint density at radius 1 is 1.11 bits per heavy atom. The zero-order chi connectivity index (χ0) is 13.5. The van der Waals surface area contributed by atoms with Gasteiger partial charge >= 0.3 is 0 Å². The molecule has 1 N–H and O–H groups in total. The lowest BCUT2D eigenvalue weighted by Crippen LogP contribution is -2.56. The van der Waals surface area contributed by atoms with E-state index >= 15 is 0 Å². The van der Waals surface area contributed by atoms with Crippen molar-refractivity contribution in [3.8, 4) is 0 Å². The fourth-order valence-electron chi connectivity index (χ4n) is 3.45. The van der Waals surface area contributed by atoms with Crippen molar-refractivity contribution in [3.63, 3.8) is 0 Å². The van der Waals surface area contributed by atoms with E-state index in [1.807, 2.05) is 0 Å². The van der Waals surface area contributed by atoms with Gasteiger partial charge in [0.25, 0.3) is 0 Å². The van der Waals surface area contributed by atoms with Crippen LogP contribution < -0.4 is 5.32 Å². The van der Waals surface area contributed by atoms with Crippen LogP contribution in [0.3, 0.4) is 0 Å². The average molecular weight is 268 g/mol. The first-order chi connectivity index (χ1) is 9.33. The summed E-state index contributed by atoms with van der Waals surface area (Å²) in [4.78, 5) is 2.65. The van der Waals surface area contributed by atoms with Crippen molar-refractivity contribution < 1.29 is 4.74 Å². The monoisotopic (exact) mass is 268 g/mol. The molecule has 2 fully saturated rings. The molecule has 2 atom stereocenters. The molecule has 0 radical (unpaired) electrons. The number of ether oxygens (including phenoxy) is 1. The minimum absolute atomic E-state index is 0.554. The van der Waals surface area contributed by atoms with Gasteiger partial charge in [0.05, 0.1) is 12.7 Å². The standard InChI is InChI=1S/C16H32N2O/c1-3-14-13-18(15(4-2)12-17-14)10-11-19-16-8-6-5-7-9-16/h14-17H,3-13H2,1-2H3. The van der Waals surface area contributed by atoms with Gasteiger partial charge < -0.3 is 10.1 Å². The van der Waals surface area contributed by atoms with Crippen molar-refractivity contribution >= 4 is 0 Å². The minimum Gasteiger partial charge on any atom is -0.377 e. The van der Waals surface area contributed by atoms with Crippen molar-refractivity contribution in [2.24, 2.45) is 0 Å². The van der Waals surface area contributed by atoms with Crippen molar-refractivity contribution in [1.82, 2.24) is 10.2 Å². The summed E-state index contributed by atoms with van der Waals surface area (Å²) in [6.07, 6.45) is 9.75. The van der Waals surface area contributed by atoms with Gasteiger partial charge in [-0.05, 0) is 25.7 Å². The van der Waals surface area contributed by atoms with Crippen LogP contribution in [-0.2, 0) is 4.74 Å². The highest BCUT2D eigenvalue weighted by atomic mass is 16.5. The zero-order valence-corrected chi connectivity index (χ0v) is 12.9. The van der Waals surface area contributed by atoms with Gasteiger partial charge in [0.2, 0.25) is 0 Å². The van der Waals surface area contributed by atoms with Crippen LogP contribution in [0.5, 0.6) is 0 Å². The first-order valence-electron chi connectivity index (χ1n) is 8.42. The number of hydrogen-bond acceptors (Lipinski definition) is 3. The van der Waals surface area contributed by atoms with Gasteiger partial charge in [0.1, 0.15) is 0 Å². The van der Waals surface area contributed by atoms with Crippen molar-refractivity contribution in [2.75, 3.05) is 26.2 Å². The molecule has 0 aromatic heterocycles. The van der Waals surface area contributed by atoms with Crippen LogP contribution in [0.4, 0.5) is 0 Å². The molecule has 1 heterocycles. The van der Waals surface area contributed by atoms with Gasteiger partial charge in [-0.25, -0.2) is 0 Å². The van der Waals surface area contributed by atoms with Crippen LogP contribution in [0.1, 0.15) is 58.8 Å². The molecule has 0 spiro atoms. The van der Waals surface area contributed by atoms with E-state index < -0.39 is 0 Å². The molecule has 3 nitrogen and oxygen atoms in total. The van der Waals surface area contributed by atoms with E-state index in [1.165, 1.54) is 51.5 Å². The number of nitrogens with one attached hydrogen (secondary N) is 1. The summed E-state index contributed by atoms with van der Waals surface area (Å²) in [5, 5.41) is 3.66. The van der Waals surface area contributed by atoms with Crippen LogP contribution in [0.15, 0.2) is 0 Å². The molecule has 2 unspecified atom stereocenters. The number of piperazine rings is 1. The van der Waals surface area contributed by atoms with Crippen molar-refractivity contribution in [1.29, 1.82) is 0 Å². The summed E-state index contributed by atoms with van der Waals surface area (Å²) in [5.41, 5.74) is 0. The third-order valence-electron chi connectivity index (χ3n) is 4.86. The predicted molar refractivity (Wildman–Crippen MR) is 80.6 cm³/mol. The second kappa shape index (κ2) is 8.23. The molecule has 1 saturated carbocycles. The molecular formula is C16H32N2O. The molecule has 0 aromatic carbocycles. The summed E-state index contributed by atoms with van der Waals surface area (Å²) in [7, 11) is 0. The molecule has 0 bridgehead atoms. The number of hydrogen-bond donors (Lipinski definition) is 1. The van der Waals surface area contributed by atoms with Crippen LogP contribution in [0.2, 0.25) is 0 Å². The van der Waals surface area contributed by atoms with Gasteiger partial charge in [0, 0.05) is 31.7 Å². The van der Waals surface area contributed by atoms with Gasteiger partial charge in [0.15, 0.2) is 0 Å². The maximum Gasteiger partial charge on any atom is 0.0597 e. The highest BCUT2D eigenvalue weighted by molar-refractivity contribution is 4.84. The maximum atomic E-state index is 6.09. The molecule has 2 aliphatic rings. The molecule has 1 saturated heterocycles. The van der Waals surface area contributed by atoms with Gasteiger partial charge in [-0.2, -0.15) is 0 Å². The van der Waals surface area contributed by atoms with Crippen LogP contribution in [-0.4, -0.2) is 49.3 Å². The normalized spacial score (nSPS) is 30.6. The molecule has 2 rings (SSSR count). The first kappa shape index (κ1) is 15.3. The molecule has 0 amide bonds. The Kier molecular flexibility index (Phi) is 6.62. The van der Waals surface area contributed by atoms with Gasteiger partial charge in [-0.15, -0.1) is 0 Å². The van der Waals surface area contributed by atoms with E-state index in [2.05, 4.69) is 24.1 Å². The second-order valence-corrected chi connectivity index (χ2v) is 6.20. The summed E-state index contributed by atoms with van der Waals surface area (Å²) < 4.78 is 6.09. The topological polar surface area (TPSA) is 24.5 Å². The van der Waals surface area contributed by atoms with Crippen LogP contribution >= 0.6 is 0 Å². The lowest BCUT2D eigenvalue weighted by molar-refractivity contribution is 0.00329. The second-order valence-electron chi connectivity index (χ2n) is 6.20. The SMILES string of the molecule is CCC1CN(CCOC2CCCCC2)C(CC)CN1. The Labute approximate surface area is 119 Å². The number of rotatable bonds is 6. The van der Waals surface area contributed by atoms with E-state index in [9.17, 15) is 0 Å². The predicted octanol–water partition coefficient (Wildman–Crippen LogP) is 2.80. The van der Waals surface area contributed by atoms with E-state index in [1.54, 1.807) is 0 Å². The van der Waals surface area contributed by atoms with E-state index in [0.29, 0.717) is 18.2 Å². The average Bonchev–Trinajstić information content (AvgIpc) is 2.48. The van der Waals surface area contributed by atoms with E-state index in [4.69, 9.17) is 4.74 Å². The molecule has 1 aliphatic carbocycles. The van der Waals surface area contributed by atoms with Gasteiger partial charge in [-0.1, -0.05) is 33.1 Å². The Bertz CT molecular complexity index is 241. The first-order valence-corrected chi connectivity index (χ1v) is 8.42. The summed E-state index contributed by atoms with van der Waals surface area (Å²) in [6, 6.07) is 1.38. The number of nitrogens with zero attached hydrogens (tertiary/aromatic N) is 1. The largest absolute Gasteiger partial charge is 0.377 e. The third-order valence-corrected chi connectivity index (χ3v) is 4.86. The quantitative estimate of drug-likeness (QED) is 0.801. The van der Waals surface area contributed by atoms with Gasteiger partial charge in [-0.3, -0.25) is 4.90 Å². The highest BCUT2D eigenvalue weighted by Gasteiger charge is 2.25. The maximum absolute atomic E-state index is 6.09. The van der Waals surface area contributed by atoms with Crippen LogP contribution in [0, 0.1) is 0 Å². The lowest BCUT2D eigenvalue weighted by Gasteiger charge is -2.40. The molecule has 112 valence electrons. The zero-order valence-electron chi connectivity index (χ0n) is 12.9. The van der Waals surface area contributed by atoms with E-state index in [0.717, 1.165) is 19.7 Å². The Balaban J connectivity index is 1.69. The Morgan fingerprint density at radius 3 is 2.58 bits per heavy atom. The Morgan fingerprint density at radius 2 is 1.89 bits per heavy atom. The molecule has 1 aliphatic heterocycles. The summed E-state index contributed by atoms with van der Waals surface area (Å²) in [6.45, 7) is 8.97. The fourth-order valence-corrected chi connectivity index (χ4v) is 3.45.